The van der Waals surface area contributed by atoms with E-state index in [4.69, 9.17) is 11.6 Å². The van der Waals surface area contributed by atoms with E-state index >= 15 is 0 Å². The summed E-state index contributed by atoms with van der Waals surface area (Å²) in [6.45, 7) is 4.33. The van der Waals surface area contributed by atoms with E-state index in [9.17, 15) is 4.79 Å². The molecule has 1 amide bonds. The highest BCUT2D eigenvalue weighted by Crippen LogP contribution is 2.43. The average molecular weight is 331 g/mol. The Morgan fingerprint density at radius 1 is 1.50 bits per heavy atom. The summed E-state index contributed by atoms with van der Waals surface area (Å²) < 4.78 is 0.836. The second-order valence-electron chi connectivity index (χ2n) is 5.55. The van der Waals surface area contributed by atoms with Crippen molar-refractivity contribution in [2.45, 2.75) is 33.1 Å². The van der Waals surface area contributed by atoms with Gasteiger partial charge in [0, 0.05) is 16.1 Å². The monoisotopic (exact) mass is 329 g/mol. The molecule has 1 atom stereocenters. The van der Waals surface area contributed by atoms with Crippen molar-refractivity contribution in [3.63, 3.8) is 0 Å². The van der Waals surface area contributed by atoms with Crippen molar-refractivity contribution < 1.29 is 4.79 Å². The number of carbonyl (C=O) groups is 1. The Morgan fingerprint density at radius 2 is 2.22 bits per heavy atom. The predicted octanol–water partition coefficient (Wildman–Crippen LogP) is 4.87. The third-order valence-electron chi connectivity index (χ3n) is 3.76. The third-order valence-corrected chi connectivity index (χ3v) is 4.99. The molecule has 1 aliphatic carbocycles. The zero-order valence-corrected chi connectivity index (χ0v) is 12.9. The molecule has 0 aliphatic heterocycles. The first-order chi connectivity index (χ1) is 8.40. The number of benzene rings is 1. The lowest BCUT2D eigenvalue weighted by Gasteiger charge is -2.25. The molecule has 2 nitrogen and oxygen atoms in total. The van der Waals surface area contributed by atoms with Gasteiger partial charge in [0.25, 0.3) is 0 Å². The molecule has 0 bridgehead atoms. The number of nitrogens with one attached hydrogen (secondary N) is 1. The van der Waals surface area contributed by atoms with Crippen LogP contribution in [-0.4, -0.2) is 5.91 Å². The van der Waals surface area contributed by atoms with E-state index in [-0.39, 0.29) is 17.2 Å². The van der Waals surface area contributed by atoms with Gasteiger partial charge in [0.05, 0.1) is 5.02 Å². The minimum Gasteiger partial charge on any atom is -0.326 e. The summed E-state index contributed by atoms with van der Waals surface area (Å²) in [5, 5.41) is 3.57. The summed E-state index contributed by atoms with van der Waals surface area (Å²) in [6.07, 6.45) is 3.22. The van der Waals surface area contributed by atoms with E-state index in [0.29, 0.717) is 5.02 Å². The largest absolute Gasteiger partial charge is 0.326 e. The molecular formula is C14H17BrClNO. The van der Waals surface area contributed by atoms with Crippen molar-refractivity contribution in [1.82, 2.24) is 0 Å². The van der Waals surface area contributed by atoms with Gasteiger partial charge in [-0.2, -0.15) is 0 Å². The Balaban J connectivity index is 2.09. The van der Waals surface area contributed by atoms with E-state index in [1.54, 1.807) is 6.07 Å². The van der Waals surface area contributed by atoms with Gasteiger partial charge in [0.1, 0.15) is 0 Å². The van der Waals surface area contributed by atoms with Crippen LogP contribution in [0.5, 0.6) is 0 Å². The Kier molecular flexibility index (Phi) is 4.02. The van der Waals surface area contributed by atoms with Gasteiger partial charge >= 0.3 is 0 Å². The van der Waals surface area contributed by atoms with E-state index in [1.165, 1.54) is 0 Å². The van der Waals surface area contributed by atoms with E-state index in [0.717, 1.165) is 29.4 Å². The van der Waals surface area contributed by atoms with Crippen LogP contribution in [0.15, 0.2) is 22.7 Å². The van der Waals surface area contributed by atoms with E-state index in [2.05, 4.69) is 35.1 Å². The molecule has 18 heavy (non-hydrogen) atoms. The fraction of sp³-hybridized carbons (Fsp3) is 0.500. The van der Waals surface area contributed by atoms with Crippen LogP contribution in [0.3, 0.4) is 0 Å². The molecule has 0 aromatic heterocycles. The summed E-state index contributed by atoms with van der Waals surface area (Å²) in [6, 6.07) is 5.47. The molecule has 0 heterocycles. The van der Waals surface area contributed by atoms with Crippen LogP contribution in [0.2, 0.25) is 5.02 Å². The van der Waals surface area contributed by atoms with E-state index < -0.39 is 0 Å². The number of halogens is 2. The van der Waals surface area contributed by atoms with Gasteiger partial charge in [-0.15, -0.1) is 0 Å². The third kappa shape index (κ3) is 2.89. The predicted molar refractivity (Wildman–Crippen MR) is 78.9 cm³/mol. The maximum absolute atomic E-state index is 12.3. The fourth-order valence-electron chi connectivity index (χ4n) is 2.62. The number of hydrogen-bond donors (Lipinski definition) is 1. The summed E-state index contributed by atoms with van der Waals surface area (Å²) in [7, 11) is 0. The normalized spacial score (nSPS) is 21.9. The molecule has 1 aromatic rings. The lowest BCUT2D eigenvalue weighted by Crippen LogP contribution is -2.30. The summed E-state index contributed by atoms with van der Waals surface area (Å²) >= 11 is 9.35. The molecule has 1 saturated carbocycles. The molecule has 1 unspecified atom stereocenters. The van der Waals surface area contributed by atoms with Crippen LogP contribution in [0.4, 0.5) is 5.69 Å². The van der Waals surface area contributed by atoms with Gasteiger partial charge in [-0.05, 0) is 52.4 Å². The van der Waals surface area contributed by atoms with Gasteiger partial charge in [-0.1, -0.05) is 31.9 Å². The van der Waals surface area contributed by atoms with Gasteiger partial charge in [-0.3, -0.25) is 4.79 Å². The lowest BCUT2D eigenvalue weighted by atomic mass is 9.81. The Hall–Kier alpha value is -0.540. The lowest BCUT2D eigenvalue weighted by molar-refractivity contribution is -0.122. The Morgan fingerprint density at radius 3 is 2.78 bits per heavy atom. The zero-order chi connectivity index (χ0) is 13.3. The molecule has 1 aliphatic rings. The van der Waals surface area contributed by atoms with Crippen LogP contribution in [-0.2, 0) is 4.79 Å². The van der Waals surface area contributed by atoms with Crippen LogP contribution in [0, 0.1) is 11.3 Å². The van der Waals surface area contributed by atoms with Gasteiger partial charge in [0.15, 0.2) is 0 Å². The van der Waals surface area contributed by atoms with Crippen molar-refractivity contribution >= 4 is 39.1 Å². The van der Waals surface area contributed by atoms with Gasteiger partial charge in [-0.25, -0.2) is 0 Å². The second-order valence-corrected chi connectivity index (χ2v) is 6.81. The second kappa shape index (κ2) is 5.22. The highest BCUT2D eigenvalue weighted by atomic mass is 79.9. The maximum atomic E-state index is 12.3. The quantitative estimate of drug-likeness (QED) is 0.823. The van der Waals surface area contributed by atoms with Crippen molar-refractivity contribution in [2.75, 3.05) is 5.32 Å². The SMILES string of the molecule is CC1(C)CCCC1C(=O)Nc1ccc(Br)c(Cl)c1. The van der Waals surface area contributed by atoms with Crippen LogP contribution < -0.4 is 5.32 Å². The molecule has 1 aromatic carbocycles. The van der Waals surface area contributed by atoms with E-state index in [1.807, 2.05) is 12.1 Å². The number of anilines is 1. The first-order valence-corrected chi connectivity index (χ1v) is 7.33. The van der Waals surface area contributed by atoms with Gasteiger partial charge in [0.2, 0.25) is 5.91 Å². The minimum atomic E-state index is 0.0972. The number of carbonyl (C=O) groups excluding carboxylic acids is 1. The molecule has 2 rings (SSSR count). The molecule has 0 spiro atoms. The number of rotatable bonds is 2. The summed E-state index contributed by atoms with van der Waals surface area (Å²) in [4.78, 5) is 12.3. The molecule has 1 fully saturated rings. The Bertz CT molecular complexity index is 473. The van der Waals surface area contributed by atoms with Crippen LogP contribution in [0.25, 0.3) is 0 Å². The minimum absolute atomic E-state index is 0.0972. The standard InChI is InChI=1S/C14H17BrClNO/c1-14(2)7-3-4-10(14)13(18)17-9-5-6-11(15)12(16)8-9/h5-6,8,10H,3-4,7H2,1-2H3,(H,17,18). The number of hydrogen-bond acceptors (Lipinski definition) is 1. The summed E-state index contributed by atoms with van der Waals surface area (Å²) in [5.41, 5.74) is 0.861. The first kappa shape index (κ1) is 13.9. The van der Waals surface area contributed by atoms with Crippen molar-refractivity contribution in [3.8, 4) is 0 Å². The van der Waals surface area contributed by atoms with Crippen molar-refractivity contribution in [3.05, 3.63) is 27.7 Å². The van der Waals surface area contributed by atoms with Crippen LogP contribution in [0.1, 0.15) is 33.1 Å². The maximum Gasteiger partial charge on any atom is 0.228 e. The van der Waals surface area contributed by atoms with Crippen LogP contribution >= 0.6 is 27.5 Å². The van der Waals surface area contributed by atoms with Gasteiger partial charge < -0.3 is 5.32 Å². The molecule has 0 radical (unpaired) electrons. The molecule has 1 N–H and O–H groups in total. The highest BCUT2D eigenvalue weighted by Gasteiger charge is 2.39. The highest BCUT2D eigenvalue weighted by molar-refractivity contribution is 9.10. The van der Waals surface area contributed by atoms with Crippen molar-refractivity contribution in [1.29, 1.82) is 0 Å². The van der Waals surface area contributed by atoms with Crippen molar-refractivity contribution in [2.24, 2.45) is 11.3 Å². The first-order valence-electron chi connectivity index (χ1n) is 6.16. The average Bonchev–Trinajstić information content (AvgIpc) is 2.63. The number of amides is 1. The fourth-order valence-corrected chi connectivity index (χ4v) is 3.04. The molecular weight excluding hydrogens is 314 g/mol. The zero-order valence-electron chi connectivity index (χ0n) is 10.6. The molecule has 4 heteroatoms. The smallest absolute Gasteiger partial charge is 0.228 e. The molecule has 0 saturated heterocycles. The Labute approximate surface area is 121 Å². The topological polar surface area (TPSA) is 29.1 Å². The summed E-state index contributed by atoms with van der Waals surface area (Å²) in [5.74, 6) is 0.204. The molecule has 98 valence electrons.